The number of hydrogen-bond donors (Lipinski definition) is 0. The lowest BCUT2D eigenvalue weighted by molar-refractivity contribution is 0.0122. The fraction of sp³-hybridized carbons (Fsp3) is 0.433. The average Bonchev–Trinajstić information content (AvgIpc) is 3.33. The summed E-state index contributed by atoms with van der Waals surface area (Å²) in [6, 6.07) is 15.0. The van der Waals surface area contributed by atoms with Gasteiger partial charge in [0.25, 0.3) is 0 Å². The van der Waals surface area contributed by atoms with Crippen molar-refractivity contribution in [3.05, 3.63) is 76.0 Å². The van der Waals surface area contributed by atoms with Crippen LogP contribution in [0.1, 0.15) is 68.3 Å². The van der Waals surface area contributed by atoms with Crippen LogP contribution in [0.2, 0.25) is 10.0 Å². The van der Waals surface area contributed by atoms with Crippen molar-refractivity contribution in [2.45, 2.75) is 70.1 Å². The van der Waals surface area contributed by atoms with Crippen molar-refractivity contribution in [1.82, 2.24) is 5.16 Å². The minimum atomic E-state index is 0.242. The first-order valence-electron chi connectivity index (χ1n) is 13.1. The van der Waals surface area contributed by atoms with Crippen molar-refractivity contribution in [2.24, 2.45) is 5.92 Å². The molecule has 3 aromatic rings. The van der Waals surface area contributed by atoms with E-state index in [4.69, 9.17) is 32.5 Å². The highest BCUT2D eigenvalue weighted by Crippen LogP contribution is 2.47. The van der Waals surface area contributed by atoms with Crippen molar-refractivity contribution in [3.63, 3.8) is 0 Å². The summed E-state index contributed by atoms with van der Waals surface area (Å²) < 4.78 is 12.4. The smallest absolute Gasteiger partial charge is 0.145 e. The lowest BCUT2D eigenvalue weighted by atomic mass is 10.0. The number of piperidine rings is 1. The largest absolute Gasteiger partial charge is 0.373 e. The molecule has 0 radical (unpaired) electrons. The molecule has 2 heterocycles. The fourth-order valence-corrected chi connectivity index (χ4v) is 6.58. The van der Waals surface area contributed by atoms with Gasteiger partial charge >= 0.3 is 0 Å². The topological polar surface area (TPSA) is 38.5 Å². The molecule has 3 aliphatic rings. The number of ether oxygens (including phenoxy) is 1. The zero-order valence-corrected chi connectivity index (χ0v) is 22.2. The quantitative estimate of drug-likeness (QED) is 0.282. The van der Waals surface area contributed by atoms with Crippen LogP contribution in [0.3, 0.4) is 0 Å². The SMILES string of the molecule is C=C(CCC)c1ccc(N2CC3C[C@@H]2CC3OCc2c(-c3c(Cl)cccc3Cl)noc2C2CC2)cc1. The van der Waals surface area contributed by atoms with Crippen LogP contribution in [-0.2, 0) is 11.3 Å². The van der Waals surface area contributed by atoms with Crippen LogP contribution in [0.15, 0.2) is 53.6 Å². The van der Waals surface area contributed by atoms with Gasteiger partial charge in [0.05, 0.1) is 22.8 Å². The summed E-state index contributed by atoms with van der Waals surface area (Å²) in [4.78, 5) is 2.56. The summed E-state index contributed by atoms with van der Waals surface area (Å²) in [6.07, 6.45) is 6.90. The zero-order chi connectivity index (χ0) is 24.8. The molecule has 3 fully saturated rings. The van der Waals surface area contributed by atoms with E-state index in [0.29, 0.717) is 34.5 Å². The summed E-state index contributed by atoms with van der Waals surface area (Å²) in [5.41, 5.74) is 6.24. The molecule has 6 heteroatoms. The Bertz CT molecular complexity index is 1240. The number of halogens is 2. The molecule has 1 aromatic heterocycles. The van der Waals surface area contributed by atoms with Gasteiger partial charge in [-0.25, -0.2) is 0 Å². The molecule has 2 saturated carbocycles. The molecule has 2 unspecified atom stereocenters. The van der Waals surface area contributed by atoms with Crippen LogP contribution < -0.4 is 4.90 Å². The van der Waals surface area contributed by atoms with E-state index in [2.05, 4.69) is 47.8 Å². The number of aromatic nitrogens is 1. The van der Waals surface area contributed by atoms with Gasteiger partial charge in [0.15, 0.2) is 0 Å². The molecule has 0 N–H and O–H groups in total. The first-order chi connectivity index (χ1) is 17.5. The Morgan fingerprint density at radius 3 is 2.50 bits per heavy atom. The normalized spacial score (nSPS) is 23.0. The Kier molecular flexibility index (Phi) is 6.62. The molecule has 4 nitrogen and oxygen atoms in total. The molecule has 1 aliphatic heterocycles. The first-order valence-corrected chi connectivity index (χ1v) is 13.9. The van der Waals surface area contributed by atoms with Gasteiger partial charge in [0.2, 0.25) is 0 Å². The van der Waals surface area contributed by atoms with Gasteiger partial charge in [-0.1, -0.05) is 66.5 Å². The summed E-state index contributed by atoms with van der Waals surface area (Å²) in [7, 11) is 0. The summed E-state index contributed by atoms with van der Waals surface area (Å²) in [5.74, 6) is 1.90. The second kappa shape index (κ2) is 9.89. The molecular weight excluding hydrogens is 491 g/mol. The van der Waals surface area contributed by atoms with E-state index < -0.39 is 0 Å². The first kappa shape index (κ1) is 24.1. The van der Waals surface area contributed by atoms with Crippen molar-refractivity contribution in [1.29, 1.82) is 0 Å². The van der Waals surface area contributed by atoms with Crippen molar-refractivity contribution in [3.8, 4) is 11.3 Å². The average molecular weight is 524 g/mol. The Morgan fingerprint density at radius 2 is 1.86 bits per heavy atom. The third-order valence-corrected chi connectivity index (χ3v) is 8.67. The van der Waals surface area contributed by atoms with Crippen molar-refractivity contribution < 1.29 is 9.26 Å². The highest BCUT2D eigenvalue weighted by Gasteiger charge is 2.45. The zero-order valence-electron chi connectivity index (χ0n) is 20.7. The van der Waals surface area contributed by atoms with E-state index in [0.717, 1.165) is 61.2 Å². The molecule has 2 bridgehead atoms. The lowest BCUT2D eigenvalue weighted by Gasteiger charge is -2.33. The minimum absolute atomic E-state index is 0.242. The monoisotopic (exact) mass is 522 g/mol. The van der Waals surface area contributed by atoms with Gasteiger partial charge in [-0.2, -0.15) is 0 Å². The summed E-state index contributed by atoms with van der Waals surface area (Å²) in [5, 5.41) is 5.57. The molecule has 6 rings (SSSR count). The van der Waals surface area contributed by atoms with Crippen LogP contribution in [-0.4, -0.2) is 23.8 Å². The lowest BCUT2D eigenvalue weighted by Crippen LogP contribution is -2.38. The molecule has 1 saturated heterocycles. The Labute approximate surface area is 223 Å². The third-order valence-electron chi connectivity index (χ3n) is 8.04. The Balaban J connectivity index is 1.14. The van der Waals surface area contributed by atoms with Crippen molar-refractivity contribution >= 4 is 34.5 Å². The molecule has 2 aliphatic carbocycles. The highest BCUT2D eigenvalue weighted by atomic mass is 35.5. The number of benzene rings is 2. The number of fused-ring (bicyclic) bond motifs is 2. The predicted octanol–water partition coefficient (Wildman–Crippen LogP) is 8.52. The van der Waals surface area contributed by atoms with Gasteiger partial charge in [-0.05, 0) is 67.5 Å². The van der Waals surface area contributed by atoms with Crippen LogP contribution in [0.25, 0.3) is 16.8 Å². The van der Waals surface area contributed by atoms with E-state index in [1.807, 2.05) is 18.2 Å². The van der Waals surface area contributed by atoms with Crippen LogP contribution in [0.5, 0.6) is 0 Å². The fourth-order valence-electron chi connectivity index (χ4n) is 6.00. The third kappa shape index (κ3) is 4.49. The number of anilines is 1. The van der Waals surface area contributed by atoms with Gasteiger partial charge < -0.3 is 14.2 Å². The second-order valence-corrected chi connectivity index (χ2v) is 11.3. The maximum atomic E-state index is 6.58. The molecule has 0 amide bonds. The standard InChI is InChI=1S/C30H32Cl2N2O2/c1-3-5-18(2)19-10-12-22(13-11-19)34-16-21-14-23(34)15-27(21)35-17-24-29(33-36-30(24)20-8-9-20)28-25(31)6-4-7-26(28)32/h4,6-7,10-13,20-21,23,27H,2-3,5,8-9,14-17H2,1H3/t21?,23-,27?/m1/s1. The van der Waals surface area contributed by atoms with E-state index in [1.54, 1.807) is 0 Å². The maximum absolute atomic E-state index is 6.58. The highest BCUT2D eigenvalue weighted by molar-refractivity contribution is 6.39. The van der Waals surface area contributed by atoms with Crippen LogP contribution in [0.4, 0.5) is 5.69 Å². The number of hydrogen-bond acceptors (Lipinski definition) is 4. The predicted molar refractivity (Wildman–Crippen MR) is 147 cm³/mol. The van der Waals surface area contributed by atoms with Crippen LogP contribution >= 0.6 is 23.2 Å². The van der Waals surface area contributed by atoms with Gasteiger partial charge in [-0.15, -0.1) is 0 Å². The molecule has 2 aromatic carbocycles. The van der Waals surface area contributed by atoms with Gasteiger partial charge in [0, 0.05) is 41.2 Å². The van der Waals surface area contributed by atoms with Gasteiger partial charge in [-0.3, -0.25) is 0 Å². The van der Waals surface area contributed by atoms with Crippen molar-refractivity contribution in [2.75, 3.05) is 11.4 Å². The molecule has 36 heavy (non-hydrogen) atoms. The number of allylic oxidation sites excluding steroid dienone is 1. The molecule has 188 valence electrons. The second-order valence-electron chi connectivity index (χ2n) is 10.5. The Hall–Kier alpha value is -2.27. The minimum Gasteiger partial charge on any atom is -0.373 e. The molecule has 0 spiro atoms. The number of rotatable bonds is 9. The summed E-state index contributed by atoms with van der Waals surface area (Å²) in [6.45, 7) is 7.94. The van der Waals surface area contributed by atoms with Crippen LogP contribution in [0, 0.1) is 5.92 Å². The van der Waals surface area contributed by atoms with Gasteiger partial charge in [0.1, 0.15) is 11.5 Å². The van der Waals surface area contributed by atoms with E-state index in [-0.39, 0.29) is 6.10 Å². The maximum Gasteiger partial charge on any atom is 0.145 e. The molecular formula is C30H32Cl2N2O2. The van der Waals surface area contributed by atoms with E-state index >= 15 is 0 Å². The van der Waals surface area contributed by atoms with E-state index in [1.165, 1.54) is 23.2 Å². The molecule has 3 atom stereocenters. The number of nitrogens with zero attached hydrogens (tertiary/aromatic N) is 2. The Morgan fingerprint density at radius 1 is 1.11 bits per heavy atom. The van der Waals surface area contributed by atoms with E-state index in [9.17, 15) is 0 Å². The summed E-state index contributed by atoms with van der Waals surface area (Å²) >= 11 is 13.0.